The molecule has 2 rings (SSSR count). The Kier molecular flexibility index (Phi) is 4.58. The molecule has 0 saturated heterocycles. The van der Waals surface area contributed by atoms with Gasteiger partial charge < -0.3 is 0 Å². The number of alkyl halides is 2. The van der Waals surface area contributed by atoms with Crippen LogP contribution < -0.4 is 0 Å². The number of hydrogen-bond acceptors (Lipinski definition) is 4. The lowest BCUT2D eigenvalue weighted by Crippen LogP contribution is -2.27. The number of aromatic nitrogens is 4. The summed E-state index contributed by atoms with van der Waals surface area (Å²) >= 11 is 0. The van der Waals surface area contributed by atoms with Crippen LogP contribution in [-0.2, 0) is 23.6 Å². The second kappa shape index (κ2) is 6.00. The van der Waals surface area contributed by atoms with E-state index in [-0.39, 0.29) is 22.8 Å². The maximum atomic E-state index is 12.9. The summed E-state index contributed by atoms with van der Waals surface area (Å²) in [6.07, 6.45) is 1.59. The van der Waals surface area contributed by atoms with Crippen molar-refractivity contribution >= 4 is 10.0 Å². The predicted octanol–water partition coefficient (Wildman–Crippen LogP) is 1.76. The molecular formula is C13H19F2N5O2S. The quantitative estimate of drug-likeness (QED) is 0.826. The number of hydrogen-bond donors (Lipinski definition) is 0. The minimum Gasteiger partial charge on any atom is -0.273 e. The van der Waals surface area contributed by atoms with Crippen molar-refractivity contribution < 1.29 is 17.2 Å². The molecule has 0 bridgehead atoms. The minimum absolute atomic E-state index is 0.0533. The molecule has 0 radical (unpaired) electrons. The van der Waals surface area contributed by atoms with Crippen LogP contribution >= 0.6 is 0 Å². The molecule has 128 valence electrons. The largest absolute Gasteiger partial charge is 0.333 e. The molecule has 10 heteroatoms. The summed E-state index contributed by atoms with van der Waals surface area (Å²) in [6.45, 7) is 1.77. The molecule has 23 heavy (non-hydrogen) atoms. The highest BCUT2D eigenvalue weighted by molar-refractivity contribution is 7.89. The van der Waals surface area contributed by atoms with Crippen molar-refractivity contribution in [2.75, 3.05) is 7.05 Å². The molecule has 0 aromatic carbocycles. The number of rotatable bonds is 5. The van der Waals surface area contributed by atoms with Gasteiger partial charge in [-0.2, -0.15) is 23.3 Å². The van der Waals surface area contributed by atoms with Gasteiger partial charge in [-0.1, -0.05) is 0 Å². The molecule has 2 aromatic heterocycles. The standard InChI is InChI=1S/C13H19F2N5O2S/c1-8-12(10(3)20(17-8)13(14)15)23(21,22)18(4)7-11-6-16-19(5)9(11)2/h6,13H,7H2,1-5H3. The Balaban J connectivity index is 2.40. The molecule has 0 fully saturated rings. The summed E-state index contributed by atoms with van der Waals surface area (Å²) in [6, 6.07) is 0. The van der Waals surface area contributed by atoms with Crippen LogP contribution in [0.15, 0.2) is 11.1 Å². The van der Waals surface area contributed by atoms with Gasteiger partial charge in [0.25, 0.3) is 0 Å². The zero-order valence-corrected chi connectivity index (χ0v) is 14.4. The van der Waals surface area contributed by atoms with Gasteiger partial charge in [0.1, 0.15) is 4.90 Å². The van der Waals surface area contributed by atoms with Crippen LogP contribution in [0.3, 0.4) is 0 Å². The van der Waals surface area contributed by atoms with Gasteiger partial charge in [-0.25, -0.2) is 13.1 Å². The van der Waals surface area contributed by atoms with Crippen molar-refractivity contribution in [3.8, 4) is 0 Å². The summed E-state index contributed by atoms with van der Waals surface area (Å²) in [5.41, 5.74) is 1.56. The zero-order chi connectivity index (χ0) is 17.5. The average molecular weight is 347 g/mol. The molecule has 7 nitrogen and oxygen atoms in total. The van der Waals surface area contributed by atoms with Gasteiger partial charge in [0, 0.05) is 31.9 Å². The monoisotopic (exact) mass is 347 g/mol. The highest BCUT2D eigenvalue weighted by Gasteiger charge is 2.30. The van der Waals surface area contributed by atoms with Crippen molar-refractivity contribution in [1.82, 2.24) is 23.9 Å². The summed E-state index contributed by atoms with van der Waals surface area (Å²) in [4.78, 5) is -0.179. The predicted molar refractivity (Wildman–Crippen MR) is 79.6 cm³/mol. The second-order valence-electron chi connectivity index (χ2n) is 5.36. The first kappa shape index (κ1) is 17.5. The van der Waals surface area contributed by atoms with Crippen LogP contribution in [-0.4, -0.2) is 39.3 Å². The van der Waals surface area contributed by atoms with E-state index < -0.39 is 16.6 Å². The SMILES string of the molecule is Cc1nn(C(F)F)c(C)c1S(=O)(=O)N(C)Cc1cnn(C)c1C. The average Bonchev–Trinajstić information content (AvgIpc) is 2.92. The molecule has 0 N–H and O–H groups in total. The normalized spacial score (nSPS) is 12.6. The third-order valence-corrected chi connectivity index (χ3v) is 5.90. The van der Waals surface area contributed by atoms with Gasteiger partial charge in [-0.15, -0.1) is 0 Å². The van der Waals surface area contributed by atoms with E-state index in [4.69, 9.17) is 0 Å². The topological polar surface area (TPSA) is 73.0 Å². The smallest absolute Gasteiger partial charge is 0.273 e. The van der Waals surface area contributed by atoms with Crippen molar-refractivity contribution in [3.05, 3.63) is 28.8 Å². The van der Waals surface area contributed by atoms with E-state index in [1.807, 2.05) is 6.92 Å². The van der Waals surface area contributed by atoms with E-state index >= 15 is 0 Å². The first-order valence-corrected chi connectivity index (χ1v) is 8.29. The third kappa shape index (κ3) is 3.00. The summed E-state index contributed by atoms with van der Waals surface area (Å²) < 4.78 is 54.4. The van der Waals surface area contributed by atoms with Crippen molar-refractivity contribution in [1.29, 1.82) is 0 Å². The highest BCUT2D eigenvalue weighted by atomic mass is 32.2. The summed E-state index contributed by atoms with van der Waals surface area (Å²) in [5.74, 6) is 0. The van der Waals surface area contributed by atoms with Crippen LogP contribution in [0.4, 0.5) is 8.78 Å². The van der Waals surface area contributed by atoms with E-state index in [1.165, 1.54) is 20.9 Å². The zero-order valence-electron chi connectivity index (χ0n) is 13.6. The van der Waals surface area contributed by atoms with Crippen molar-refractivity contribution in [3.63, 3.8) is 0 Å². The molecular weight excluding hydrogens is 328 g/mol. The van der Waals surface area contributed by atoms with Gasteiger partial charge in [0.05, 0.1) is 17.6 Å². The van der Waals surface area contributed by atoms with Crippen LogP contribution in [0, 0.1) is 20.8 Å². The molecule has 0 saturated carbocycles. The maximum absolute atomic E-state index is 12.9. The minimum atomic E-state index is -3.94. The molecule has 0 spiro atoms. The highest BCUT2D eigenvalue weighted by Crippen LogP contribution is 2.26. The molecule has 2 aromatic rings. The van der Waals surface area contributed by atoms with E-state index in [0.717, 1.165) is 15.6 Å². The second-order valence-corrected chi connectivity index (χ2v) is 7.34. The lowest BCUT2D eigenvalue weighted by atomic mass is 10.3. The molecule has 0 atom stereocenters. The lowest BCUT2D eigenvalue weighted by Gasteiger charge is -2.17. The number of nitrogens with zero attached hydrogens (tertiary/aromatic N) is 5. The van der Waals surface area contributed by atoms with Gasteiger partial charge in [0.2, 0.25) is 10.0 Å². The Morgan fingerprint density at radius 1 is 1.26 bits per heavy atom. The first-order valence-electron chi connectivity index (χ1n) is 6.85. The Morgan fingerprint density at radius 3 is 2.30 bits per heavy atom. The Bertz CT molecular complexity index is 826. The van der Waals surface area contributed by atoms with Gasteiger partial charge in [-0.3, -0.25) is 4.68 Å². The van der Waals surface area contributed by atoms with Crippen LogP contribution in [0.25, 0.3) is 0 Å². The molecule has 0 unspecified atom stereocenters. The van der Waals surface area contributed by atoms with Crippen molar-refractivity contribution in [2.45, 2.75) is 38.8 Å². The molecule has 2 heterocycles. The van der Waals surface area contributed by atoms with E-state index in [1.54, 1.807) is 17.9 Å². The molecule has 0 aliphatic heterocycles. The summed E-state index contributed by atoms with van der Waals surface area (Å²) in [5, 5.41) is 7.70. The number of aryl methyl sites for hydroxylation is 2. The fourth-order valence-corrected chi connectivity index (χ4v) is 3.89. The van der Waals surface area contributed by atoms with Crippen LogP contribution in [0.5, 0.6) is 0 Å². The Labute approximate surface area is 133 Å². The van der Waals surface area contributed by atoms with E-state index in [2.05, 4.69) is 10.2 Å². The van der Waals surface area contributed by atoms with Gasteiger partial charge >= 0.3 is 6.55 Å². The lowest BCUT2D eigenvalue weighted by molar-refractivity contribution is 0.0538. The van der Waals surface area contributed by atoms with Gasteiger partial charge in [-0.05, 0) is 20.8 Å². The fourth-order valence-electron chi connectivity index (χ4n) is 2.39. The van der Waals surface area contributed by atoms with Gasteiger partial charge in [0.15, 0.2) is 0 Å². The first-order chi connectivity index (χ1) is 10.6. The molecule has 0 aliphatic carbocycles. The Hall–Kier alpha value is -1.81. The molecule has 0 aliphatic rings. The number of sulfonamides is 1. The summed E-state index contributed by atoms with van der Waals surface area (Å²) in [7, 11) is -0.778. The fraction of sp³-hybridized carbons (Fsp3) is 0.538. The Morgan fingerprint density at radius 2 is 1.87 bits per heavy atom. The third-order valence-electron chi connectivity index (χ3n) is 3.84. The number of halogens is 2. The molecule has 0 amide bonds. The van der Waals surface area contributed by atoms with Crippen LogP contribution in [0.2, 0.25) is 0 Å². The van der Waals surface area contributed by atoms with Crippen LogP contribution in [0.1, 0.15) is 29.2 Å². The van der Waals surface area contributed by atoms with Crippen molar-refractivity contribution in [2.24, 2.45) is 7.05 Å². The van der Waals surface area contributed by atoms with E-state index in [0.29, 0.717) is 4.68 Å². The maximum Gasteiger partial charge on any atom is 0.333 e. The van der Waals surface area contributed by atoms with E-state index in [9.17, 15) is 17.2 Å².